The lowest BCUT2D eigenvalue weighted by Gasteiger charge is -2.32. The summed E-state index contributed by atoms with van der Waals surface area (Å²) in [5.41, 5.74) is 2.25. The molecule has 0 fully saturated rings. The van der Waals surface area contributed by atoms with E-state index in [-0.39, 0.29) is 12.5 Å². The third-order valence-electron chi connectivity index (χ3n) is 5.37. The number of amides is 2. The number of rotatable bonds is 11. The molecule has 0 spiro atoms. The van der Waals surface area contributed by atoms with Gasteiger partial charge >= 0.3 is 0 Å². The second-order valence-corrected chi connectivity index (χ2v) is 10.8. The molecule has 2 aromatic carbocycles. The van der Waals surface area contributed by atoms with Crippen LogP contribution in [0.25, 0.3) is 0 Å². The maximum Gasteiger partial charge on any atom is 0.244 e. The van der Waals surface area contributed by atoms with Gasteiger partial charge in [-0.1, -0.05) is 59.6 Å². The molecule has 0 heterocycles. The summed E-state index contributed by atoms with van der Waals surface area (Å²) in [4.78, 5) is 27.7. The molecule has 0 aliphatic heterocycles. The van der Waals surface area contributed by atoms with Crippen LogP contribution in [0.3, 0.4) is 0 Å². The first-order valence-corrected chi connectivity index (χ1v) is 13.5. The van der Waals surface area contributed by atoms with E-state index < -0.39 is 28.5 Å². The minimum Gasteiger partial charge on any atom is -0.354 e. The summed E-state index contributed by atoms with van der Waals surface area (Å²) in [7, 11) is -3.74. The Morgan fingerprint density at radius 2 is 1.82 bits per heavy atom. The predicted octanol–water partition coefficient (Wildman–Crippen LogP) is 3.86. The van der Waals surface area contributed by atoms with E-state index in [0.29, 0.717) is 16.7 Å². The Bertz CT molecular complexity index is 1070. The maximum absolute atomic E-state index is 13.5. The summed E-state index contributed by atoms with van der Waals surface area (Å²) in [5, 5.41) is 2.87. The molecule has 0 saturated heterocycles. The van der Waals surface area contributed by atoms with Crippen LogP contribution in [0, 0.1) is 6.92 Å². The van der Waals surface area contributed by atoms with Crippen LogP contribution in [0.1, 0.15) is 37.8 Å². The SMILES string of the molecule is CCCCNC(=O)[C@@H](C)N(Cc1ccccc1C)C(=O)CN(c1cccc(Br)c1)S(C)(=O)=O. The Labute approximate surface area is 205 Å². The van der Waals surface area contributed by atoms with Gasteiger partial charge in [-0.25, -0.2) is 8.42 Å². The highest BCUT2D eigenvalue weighted by Gasteiger charge is 2.30. The van der Waals surface area contributed by atoms with Crippen molar-refractivity contribution in [2.75, 3.05) is 23.7 Å². The third-order valence-corrected chi connectivity index (χ3v) is 7.01. The van der Waals surface area contributed by atoms with Crippen LogP contribution in [0.4, 0.5) is 5.69 Å². The molecule has 0 bridgehead atoms. The first-order chi connectivity index (χ1) is 15.5. The summed E-state index contributed by atoms with van der Waals surface area (Å²) in [6.45, 7) is 5.96. The standard InChI is InChI=1S/C24H32BrN3O4S/c1-5-6-14-26-24(30)19(3)27(16-20-11-8-7-10-18(20)2)23(29)17-28(33(4,31)32)22-13-9-12-21(25)15-22/h7-13,15,19H,5-6,14,16-17H2,1-4H3,(H,26,30)/t19-/m1/s1. The smallest absolute Gasteiger partial charge is 0.244 e. The van der Waals surface area contributed by atoms with E-state index in [0.717, 1.165) is 34.5 Å². The van der Waals surface area contributed by atoms with Crippen molar-refractivity contribution in [2.45, 2.75) is 46.2 Å². The number of nitrogens with zero attached hydrogens (tertiary/aromatic N) is 2. The van der Waals surface area contributed by atoms with Crippen LogP contribution >= 0.6 is 15.9 Å². The first-order valence-electron chi connectivity index (χ1n) is 10.9. The highest BCUT2D eigenvalue weighted by Crippen LogP contribution is 2.23. The topological polar surface area (TPSA) is 86.8 Å². The Balaban J connectivity index is 2.36. The summed E-state index contributed by atoms with van der Waals surface area (Å²) in [6.07, 6.45) is 2.85. The number of carbonyl (C=O) groups is 2. The van der Waals surface area contributed by atoms with Gasteiger partial charge < -0.3 is 10.2 Å². The molecule has 0 aliphatic carbocycles. The summed E-state index contributed by atoms with van der Waals surface area (Å²) < 4.78 is 26.9. The number of halogens is 1. The highest BCUT2D eigenvalue weighted by atomic mass is 79.9. The number of hydrogen-bond donors (Lipinski definition) is 1. The van der Waals surface area contributed by atoms with Gasteiger partial charge in [0, 0.05) is 17.6 Å². The van der Waals surface area contributed by atoms with E-state index in [1.807, 2.05) is 38.1 Å². The average molecular weight is 539 g/mol. The van der Waals surface area contributed by atoms with E-state index in [1.54, 1.807) is 31.2 Å². The molecule has 1 N–H and O–H groups in total. The number of unbranched alkanes of at least 4 members (excludes halogenated alkanes) is 1. The van der Waals surface area contributed by atoms with Gasteiger partial charge in [-0.05, 0) is 49.6 Å². The van der Waals surface area contributed by atoms with Gasteiger partial charge in [0.15, 0.2) is 0 Å². The fourth-order valence-electron chi connectivity index (χ4n) is 3.33. The summed E-state index contributed by atoms with van der Waals surface area (Å²) in [5.74, 6) is -0.722. The average Bonchev–Trinajstić information content (AvgIpc) is 2.75. The lowest BCUT2D eigenvalue weighted by molar-refractivity contribution is -0.139. The van der Waals surface area contributed by atoms with Gasteiger partial charge in [-0.15, -0.1) is 0 Å². The largest absolute Gasteiger partial charge is 0.354 e. The Kier molecular flexibility index (Phi) is 9.91. The van der Waals surface area contributed by atoms with Crippen LogP contribution in [-0.4, -0.2) is 50.5 Å². The van der Waals surface area contributed by atoms with Crippen molar-refractivity contribution in [3.8, 4) is 0 Å². The second-order valence-electron chi connectivity index (χ2n) is 8.02. The number of sulfonamides is 1. The zero-order valence-electron chi connectivity index (χ0n) is 19.5. The molecule has 0 unspecified atom stereocenters. The number of nitrogens with one attached hydrogen (secondary N) is 1. The van der Waals surface area contributed by atoms with Crippen molar-refractivity contribution >= 4 is 43.5 Å². The fourth-order valence-corrected chi connectivity index (χ4v) is 4.56. The Hall–Kier alpha value is -2.39. The van der Waals surface area contributed by atoms with E-state index >= 15 is 0 Å². The minimum absolute atomic E-state index is 0.198. The number of hydrogen-bond acceptors (Lipinski definition) is 4. The first kappa shape index (κ1) is 26.9. The van der Waals surface area contributed by atoms with Gasteiger partial charge in [-0.2, -0.15) is 0 Å². The summed E-state index contributed by atoms with van der Waals surface area (Å²) >= 11 is 3.35. The van der Waals surface area contributed by atoms with E-state index in [4.69, 9.17) is 0 Å². The number of benzene rings is 2. The Morgan fingerprint density at radius 3 is 2.42 bits per heavy atom. The molecule has 2 amide bonds. The van der Waals surface area contributed by atoms with Crippen LogP contribution in [0.2, 0.25) is 0 Å². The van der Waals surface area contributed by atoms with Gasteiger partial charge in [-0.3, -0.25) is 13.9 Å². The lowest BCUT2D eigenvalue weighted by Crippen LogP contribution is -2.51. The van der Waals surface area contributed by atoms with E-state index in [9.17, 15) is 18.0 Å². The zero-order chi connectivity index (χ0) is 24.6. The zero-order valence-corrected chi connectivity index (χ0v) is 21.9. The molecular weight excluding hydrogens is 506 g/mol. The number of anilines is 1. The minimum atomic E-state index is -3.74. The van der Waals surface area contributed by atoms with Crippen LogP contribution in [0.15, 0.2) is 53.0 Å². The van der Waals surface area contributed by atoms with Crippen molar-refractivity contribution in [1.82, 2.24) is 10.2 Å². The monoisotopic (exact) mass is 537 g/mol. The molecule has 33 heavy (non-hydrogen) atoms. The van der Waals surface area contributed by atoms with Gasteiger partial charge in [0.05, 0.1) is 11.9 Å². The molecule has 0 saturated carbocycles. The van der Waals surface area contributed by atoms with Crippen molar-refractivity contribution in [3.63, 3.8) is 0 Å². The molecule has 9 heteroatoms. The number of aryl methyl sites for hydroxylation is 1. The molecule has 180 valence electrons. The molecule has 7 nitrogen and oxygen atoms in total. The molecule has 0 radical (unpaired) electrons. The van der Waals surface area contributed by atoms with Crippen molar-refractivity contribution in [2.24, 2.45) is 0 Å². The van der Waals surface area contributed by atoms with Crippen LogP contribution in [0.5, 0.6) is 0 Å². The van der Waals surface area contributed by atoms with E-state index in [2.05, 4.69) is 21.2 Å². The van der Waals surface area contributed by atoms with Crippen molar-refractivity contribution < 1.29 is 18.0 Å². The quantitative estimate of drug-likeness (QED) is 0.441. The maximum atomic E-state index is 13.5. The van der Waals surface area contributed by atoms with Gasteiger partial charge in [0.1, 0.15) is 12.6 Å². The lowest BCUT2D eigenvalue weighted by atomic mass is 10.1. The molecule has 2 rings (SSSR count). The predicted molar refractivity (Wildman–Crippen MR) is 135 cm³/mol. The molecule has 0 aromatic heterocycles. The summed E-state index contributed by atoms with van der Waals surface area (Å²) in [6, 6.07) is 13.6. The molecular formula is C24H32BrN3O4S. The molecule has 2 aromatic rings. The van der Waals surface area contributed by atoms with Crippen molar-refractivity contribution in [3.05, 3.63) is 64.1 Å². The molecule has 0 aliphatic rings. The van der Waals surface area contributed by atoms with Gasteiger partial charge in [0.25, 0.3) is 0 Å². The normalized spacial score (nSPS) is 12.2. The van der Waals surface area contributed by atoms with Crippen molar-refractivity contribution in [1.29, 1.82) is 0 Å². The van der Waals surface area contributed by atoms with Crippen LogP contribution < -0.4 is 9.62 Å². The fraction of sp³-hybridized carbons (Fsp3) is 0.417. The highest BCUT2D eigenvalue weighted by molar-refractivity contribution is 9.10. The van der Waals surface area contributed by atoms with E-state index in [1.165, 1.54) is 4.90 Å². The second kappa shape index (κ2) is 12.2. The third kappa shape index (κ3) is 7.85. The number of carbonyl (C=O) groups excluding carboxylic acids is 2. The van der Waals surface area contributed by atoms with Gasteiger partial charge in [0.2, 0.25) is 21.8 Å². The Morgan fingerprint density at radius 1 is 1.12 bits per heavy atom. The van der Waals surface area contributed by atoms with Crippen LogP contribution in [-0.2, 0) is 26.2 Å². The molecule has 1 atom stereocenters.